The number of nitrogens with two attached hydrogens (primary N) is 1. The fraction of sp³-hybridized carbons (Fsp3) is 0.387. The quantitative estimate of drug-likeness (QED) is 0.105. The number of hydrogen-bond donors (Lipinski definition) is 6. The molecular formula is C31H39BF6N3O4. The molecule has 0 atom stereocenters. The Hall–Kier alpha value is -3.75. The van der Waals surface area contributed by atoms with E-state index in [1.165, 1.54) is 36.4 Å². The fourth-order valence-corrected chi connectivity index (χ4v) is 3.25. The second-order valence-corrected chi connectivity index (χ2v) is 11.4. The van der Waals surface area contributed by atoms with E-state index in [0.717, 1.165) is 11.3 Å². The normalized spacial score (nSPS) is 12.0. The molecule has 0 saturated carbocycles. The number of benzene rings is 3. The summed E-state index contributed by atoms with van der Waals surface area (Å²) in [5.41, 5.74) is 5.87. The first kappa shape index (κ1) is 41.3. The molecular weight excluding hydrogens is 603 g/mol. The molecule has 0 saturated heterocycles. The van der Waals surface area contributed by atoms with Crippen LogP contribution < -0.4 is 16.4 Å². The number of amides is 1. The van der Waals surface area contributed by atoms with Crippen molar-refractivity contribution in [1.29, 1.82) is 0 Å². The number of alkyl halides is 6. The molecule has 14 heteroatoms. The van der Waals surface area contributed by atoms with E-state index in [2.05, 4.69) is 5.32 Å². The highest BCUT2D eigenvalue weighted by Gasteiger charge is 2.38. The summed E-state index contributed by atoms with van der Waals surface area (Å²) in [6, 6.07) is 19.0. The van der Waals surface area contributed by atoms with Crippen LogP contribution in [0.15, 0.2) is 72.8 Å². The van der Waals surface area contributed by atoms with Crippen LogP contribution in [0.5, 0.6) is 0 Å². The first-order valence-corrected chi connectivity index (χ1v) is 13.2. The molecule has 0 aromatic heterocycles. The summed E-state index contributed by atoms with van der Waals surface area (Å²) < 4.78 is 71.6. The maximum atomic E-state index is 12.0. The van der Waals surface area contributed by atoms with Gasteiger partial charge in [0.25, 0.3) is 0 Å². The van der Waals surface area contributed by atoms with E-state index in [0.29, 0.717) is 16.8 Å². The molecule has 0 aliphatic carbocycles. The Labute approximate surface area is 261 Å². The largest absolute Gasteiger partial charge is 0.471 e. The summed E-state index contributed by atoms with van der Waals surface area (Å²) in [6.45, 7) is 8.77. The van der Waals surface area contributed by atoms with E-state index in [1.807, 2.05) is 12.1 Å². The molecule has 0 fully saturated rings. The van der Waals surface area contributed by atoms with Crippen molar-refractivity contribution in [2.24, 2.45) is 0 Å². The van der Waals surface area contributed by atoms with Gasteiger partial charge in [0.1, 0.15) is 6.54 Å². The molecule has 0 heterocycles. The zero-order chi connectivity index (χ0) is 34.1. The van der Waals surface area contributed by atoms with Gasteiger partial charge in [0.05, 0.1) is 16.8 Å². The molecule has 0 bridgehead atoms. The van der Waals surface area contributed by atoms with E-state index in [-0.39, 0.29) is 14.1 Å². The van der Waals surface area contributed by atoms with Gasteiger partial charge in [0, 0.05) is 25.5 Å². The van der Waals surface area contributed by atoms with Crippen LogP contribution in [0, 0.1) is 0 Å². The summed E-state index contributed by atoms with van der Waals surface area (Å²) >= 11 is 0. The van der Waals surface area contributed by atoms with Crippen molar-refractivity contribution in [2.45, 2.75) is 70.7 Å². The first-order valence-electron chi connectivity index (χ1n) is 13.2. The van der Waals surface area contributed by atoms with E-state index in [9.17, 15) is 46.5 Å². The van der Waals surface area contributed by atoms with E-state index < -0.39 is 41.6 Å². The monoisotopic (exact) mass is 642 g/mol. The van der Waals surface area contributed by atoms with Gasteiger partial charge in [0.15, 0.2) is 0 Å². The van der Waals surface area contributed by atoms with Crippen molar-refractivity contribution in [1.82, 2.24) is 0 Å². The number of carbonyl (C=O) groups excluding carboxylic acids is 1. The average Bonchev–Trinajstić information content (AvgIpc) is 2.86. The van der Waals surface area contributed by atoms with E-state index in [4.69, 9.17) is 5.73 Å². The number of nitrogens with one attached hydrogen (secondary N) is 2. The lowest BCUT2D eigenvalue weighted by Gasteiger charge is -2.18. The lowest BCUT2D eigenvalue weighted by molar-refractivity contribution is -0.167. The third-order valence-electron chi connectivity index (χ3n) is 5.81. The van der Waals surface area contributed by atoms with Crippen molar-refractivity contribution in [3.63, 3.8) is 0 Å². The lowest BCUT2D eigenvalue weighted by atomic mass is 9.98. The predicted octanol–water partition coefficient (Wildman–Crippen LogP) is 6.42. The molecule has 7 nitrogen and oxygen atoms in total. The van der Waals surface area contributed by atoms with Crippen LogP contribution in [0.25, 0.3) is 0 Å². The topological polar surface area (TPSA) is 128 Å². The number of nitrogen functional groups attached to an aromatic ring is 1. The van der Waals surface area contributed by atoms with Gasteiger partial charge < -0.3 is 31.7 Å². The molecule has 247 valence electrons. The smallest absolute Gasteiger partial charge is 0.399 e. The van der Waals surface area contributed by atoms with Crippen molar-refractivity contribution in [3.05, 3.63) is 89.5 Å². The summed E-state index contributed by atoms with van der Waals surface area (Å²) in [7, 11) is 0. The van der Waals surface area contributed by atoms with Crippen LogP contribution >= 0.6 is 0 Å². The minimum absolute atomic E-state index is 0. The molecule has 45 heavy (non-hydrogen) atoms. The Kier molecular flexibility index (Phi) is 14.7. The molecule has 3 rings (SSSR count). The van der Waals surface area contributed by atoms with Gasteiger partial charge in [-0.15, -0.1) is 0 Å². The van der Waals surface area contributed by atoms with Crippen molar-refractivity contribution in [2.75, 3.05) is 22.9 Å². The highest BCUT2D eigenvalue weighted by atomic mass is 19.4. The molecule has 0 unspecified atom stereocenters. The van der Waals surface area contributed by atoms with E-state index in [1.54, 1.807) is 71.1 Å². The Balaban J connectivity index is 0.000000652. The summed E-state index contributed by atoms with van der Waals surface area (Å²) in [6.07, 6.45) is -9.14. The molecule has 0 spiro atoms. The van der Waals surface area contributed by atoms with Crippen molar-refractivity contribution in [3.8, 4) is 0 Å². The van der Waals surface area contributed by atoms with E-state index >= 15 is 0 Å². The van der Waals surface area contributed by atoms with Gasteiger partial charge in [-0.1, -0.05) is 36.4 Å². The van der Waals surface area contributed by atoms with Crippen LogP contribution in [0.3, 0.4) is 0 Å². The highest BCUT2D eigenvalue weighted by molar-refractivity contribution is 5.94. The SMILES string of the molecule is CC(C)(O)c1ccc(N)cc1.CC(C)(O)c1ccc(NC(=O)C(F)(F)F)cc1.CC(C)(O)c1ccc(NCC(F)(F)F)cc1.[B]. The number of carbonyl (C=O) groups is 1. The number of hydrogen-bond acceptors (Lipinski definition) is 6. The molecule has 3 aromatic rings. The van der Waals surface area contributed by atoms with Gasteiger partial charge in [0.2, 0.25) is 0 Å². The molecule has 7 N–H and O–H groups in total. The van der Waals surface area contributed by atoms with Crippen molar-refractivity contribution < 1.29 is 46.5 Å². The Morgan fingerprint density at radius 1 is 0.622 bits per heavy atom. The van der Waals surface area contributed by atoms with Crippen LogP contribution in [0.2, 0.25) is 0 Å². The van der Waals surface area contributed by atoms with Gasteiger partial charge in [-0.2, -0.15) is 26.3 Å². The zero-order valence-electron chi connectivity index (χ0n) is 25.8. The number of rotatable bonds is 6. The first-order chi connectivity index (χ1) is 19.8. The summed E-state index contributed by atoms with van der Waals surface area (Å²) in [5.74, 6) is -2.02. The Morgan fingerprint density at radius 3 is 1.22 bits per heavy atom. The molecule has 3 radical (unpaired) electrons. The lowest BCUT2D eigenvalue weighted by Crippen LogP contribution is -2.29. The zero-order valence-corrected chi connectivity index (χ0v) is 25.8. The van der Waals surface area contributed by atoms with Gasteiger partial charge in [-0.3, -0.25) is 4.79 Å². The van der Waals surface area contributed by atoms with Crippen LogP contribution in [0.1, 0.15) is 58.2 Å². The molecule has 3 aromatic carbocycles. The van der Waals surface area contributed by atoms with Crippen LogP contribution in [-0.2, 0) is 21.6 Å². The highest BCUT2D eigenvalue weighted by Crippen LogP contribution is 2.24. The molecule has 0 aliphatic heterocycles. The predicted molar refractivity (Wildman–Crippen MR) is 164 cm³/mol. The minimum Gasteiger partial charge on any atom is -0.399 e. The Bertz CT molecular complexity index is 1310. The van der Waals surface area contributed by atoms with Crippen LogP contribution in [-0.4, -0.2) is 48.5 Å². The van der Waals surface area contributed by atoms with Crippen molar-refractivity contribution >= 4 is 31.4 Å². The molecule has 1 amide bonds. The second-order valence-electron chi connectivity index (χ2n) is 11.4. The third-order valence-corrected chi connectivity index (χ3v) is 5.81. The standard InChI is InChI=1S/C11H12F3NO2.C11H14F3NO.C9H13NO.B/c1-10(2,17)7-3-5-8(6-4-7)15-9(16)11(12,13)14;1-10(2,16)8-3-5-9(6-4-8)15-7-11(12,13)14;1-9(2,11)7-3-5-8(10)6-4-7;/h3-6,17H,1-2H3,(H,15,16);3-6,15-16H,7H2,1-2H3;3-6,11H,10H2,1-2H3;. The van der Waals surface area contributed by atoms with Gasteiger partial charge in [-0.25, -0.2) is 0 Å². The number of halogens is 6. The maximum Gasteiger partial charge on any atom is 0.471 e. The molecule has 0 aliphatic rings. The second kappa shape index (κ2) is 16.0. The maximum absolute atomic E-state index is 12.0. The Morgan fingerprint density at radius 2 is 0.933 bits per heavy atom. The van der Waals surface area contributed by atoms with Gasteiger partial charge in [-0.05, 0) is 94.6 Å². The van der Waals surface area contributed by atoms with Gasteiger partial charge >= 0.3 is 18.3 Å². The number of aliphatic hydroxyl groups is 3. The average molecular weight is 642 g/mol. The third kappa shape index (κ3) is 16.2. The number of anilines is 3. The minimum atomic E-state index is -4.91. The summed E-state index contributed by atoms with van der Waals surface area (Å²) in [5, 5.41) is 32.8. The van der Waals surface area contributed by atoms with Crippen LogP contribution in [0.4, 0.5) is 43.4 Å². The summed E-state index contributed by atoms with van der Waals surface area (Å²) in [4.78, 5) is 10.6. The fourth-order valence-electron chi connectivity index (χ4n) is 3.25.